The third-order valence-electron chi connectivity index (χ3n) is 5.27. The highest BCUT2D eigenvalue weighted by atomic mass is 19.3. The second-order valence-corrected chi connectivity index (χ2v) is 7.21. The number of fused-ring (bicyclic) bond motifs is 2. The number of anilines is 1. The van der Waals surface area contributed by atoms with Gasteiger partial charge < -0.3 is 15.0 Å². The SMILES string of the molecule is COc1nc(NC2CCC(F)(F)CC2)nc2[nH]cc(-c3ccc4nccn4n3)c12. The van der Waals surface area contributed by atoms with Gasteiger partial charge in [0.1, 0.15) is 5.65 Å². The number of imidazole rings is 1. The smallest absolute Gasteiger partial charge is 0.248 e. The Morgan fingerprint density at radius 2 is 2.07 bits per heavy atom. The second-order valence-electron chi connectivity index (χ2n) is 7.21. The Morgan fingerprint density at radius 3 is 2.86 bits per heavy atom. The van der Waals surface area contributed by atoms with E-state index in [1.807, 2.05) is 12.1 Å². The highest BCUT2D eigenvalue weighted by Gasteiger charge is 2.35. The highest BCUT2D eigenvalue weighted by Crippen LogP contribution is 2.36. The minimum absolute atomic E-state index is 0.0865. The number of hydrogen-bond donors (Lipinski definition) is 2. The fourth-order valence-electron chi connectivity index (χ4n) is 3.74. The van der Waals surface area contributed by atoms with Gasteiger partial charge in [0, 0.05) is 43.0 Å². The molecule has 0 radical (unpaired) electrons. The van der Waals surface area contributed by atoms with Gasteiger partial charge in [-0.05, 0) is 25.0 Å². The monoisotopic (exact) mass is 399 g/mol. The highest BCUT2D eigenvalue weighted by molar-refractivity contribution is 5.96. The van der Waals surface area contributed by atoms with E-state index in [4.69, 9.17) is 4.74 Å². The summed E-state index contributed by atoms with van der Waals surface area (Å²) >= 11 is 0. The predicted octanol–water partition coefficient (Wildman–Crippen LogP) is 3.67. The van der Waals surface area contributed by atoms with Gasteiger partial charge in [-0.15, -0.1) is 0 Å². The summed E-state index contributed by atoms with van der Waals surface area (Å²) in [5, 5.41) is 8.45. The molecule has 0 spiro atoms. The molecular weight excluding hydrogens is 380 g/mol. The lowest BCUT2D eigenvalue weighted by molar-refractivity contribution is -0.0361. The summed E-state index contributed by atoms with van der Waals surface area (Å²) < 4.78 is 34.0. The van der Waals surface area contributed by atoms with Crippen LogP contribution in [-0.4, -0.2) is 48.6 Å². The summed E-state index contributed by atoms with van der Waals surface area (Å²) in [5.41, 5.74) is 2.86. The first kappa shape index (κ1) is 17.8. The largest absolute Gasteiger partial charge is 0.480 e. The van der Waals surface area contributed by atoms with Crippen molar-refractivity contribution in [1.82, 2.24) is 29.5 Å². The molecule has 0 atom stereocenters. The Morgan fingerprint density at radius 1 is 1.24 bits per heavy atom. The minimum Gasteiger partial charge on any atom is -0.480 e. The fraction of sp³-hybridized carbons (Fsp3) is 0.368. The number of nitrogens with one attached hydrogen (secondary N) is 2. The molecule has 5 rings (SSSR count). The van der Waals surface area contributed by atoms with Crippen LogP contribution >= 0.6 is 0 Å². The van der Waals surface area contributed by atoms with Crippen molar-refractivity contribution in [2.45, 2.75) is 37.6 Å². The van der Waals surface area contributed by atoms with Crippen molar-refractivity contribution in [3.05, 3.63) is 30.7 Å². The van der Waals surface area contributed by atoms with Crippen LogP contribution in [0.25, 0.3) is 27.9 Å². The molecule has 8 nitrogen and oxygen atoms in total. The first-order valence-electron chi connectivity index (χ1n) is 9.41. The van der Waals surface area contributed by atoms with E-state index in [9.17, 15) is 8.78 Å². The van der Waals surface area contributed by atoms with Crippen molar-refractivity contribution >= 4 is 22.6 Å². The summed E-state index contributed by atoms with van der Waals surface area (Å²) in [6.07, 6.45) is 5.76. The van der Waals surface area contributed by atoms with Crippen LogP contribution in [0.1, 0.15) is 25.7 Å². The molecule has 10 heteroatoms. The molecule has 0 bridgehead atoms. The van der Waals surface area contributed by atoms with Crippen molar-refractivity contribution in [1.29, 1.82) is 0 Å². The van der Waals surface area contributed by atoms with Crippen LogP contribution in [0.3, 0.4) is 0 Å². The van der Waals surface area contributed by atoms with Crippen LogP contribution in [0, 0.1) is 0 Å². The molecule has 0 amide bonds. The Labute approximate surface area is 164 Å². The maximum absolute atomic E-state index is 13.4. The number of aromatic amines is 1. The van der Waals surface area contributed by atoms with Crippen molar-refractivity contribution in [2.75, 3.05) is 12.4 Å². The maximum atomic E-state index is 13.4. The normalized spacial score (nSPS) is 17.1. The van der Waals surface area contributed by atoms with E-state index in [-0.39, 0.29) is 18.9 Å². The van der Waals surface area contributed by atoms with Crippen LogP contribution in [0.2, 0.25) is 0 Å². The first-order chi connectivity index (χ1) is 14.0. The van der Waals surface area contributed by atoms with E-state index in [1.165, 1.54) is 7.11 Å². The zero-order valence-electron chi connectivity index (χ0n) is 15.7. The van der Waals surface area contributed by atoms with Crippen LogP contribution < -0.4 is 10.1 Å². The van der Waals surface area contributed by atoms with Gasteiger partial charge >= 0.3 is 0 Å². The summed E-state index contributed by atoms with van der Waals surface area (Å²) in [7, 11) is 1.54. The Kier molecular flexibility index (Phi) is 4.07. The molecule has 2 N–H and O–H groups in total. The third kappa shape index (κ3) is 3.24. The minimum atomic E-state index is -2.57. The lowest BCUT2D eigenvalue weighted by Gasteiger charge is -2.28. The fourth-order valence-corrected chi connectivity index (χ4v) is 3.74. The number of rotatable bonds is 4. The van der Waals surface area contributed by atoms with Crippen LogP contribution in [-0.2, 0) is 0 Å². The van der Waals surface area contributed by atoms with Crippen molar-refractivity contribution in [3.8, 4) is 17.1 Å². The molecule has 0 aromatic carbocycles. The number of halogens is 2. The lowest BCUT2D eigenvalue weighted by atomic mass is 9.92. The predicted molar refractivity (Wildman–Crippen MR) is 103 cm³/mol. The van der Waals surface area contributed by atoms with E-state index < -0.39 is 5.92 Å². The summed E-state index contributed by atoms with van der Waals surface area (Å²) in [5.74, 6) is -1.82. The van der Waals surface area contributed by atoms with E-state index in [2.05, 4.69) is 30.4 Å². The molecule has 4 aromatic rings. The third-order valence-corrected chi connectivity index (χ3v) is 5.27. The number of ether oxygens (including phenoxy) is 1. The van der Waals surface area contributed by atoms with E-state index in [0.29, 0.717) is 35.7 Å². The molecule has 1 saturated carbocycles. The number of methoxy groups -OCH3 is 1. The molecule has 1 aliphatic carbocycles. The topological polar surface area (TPSA) is 93.0 Å². The zero-order valence-corrected chi connectivity index (χ0v) is 15.7. The molecule has 0 unspecified atom stereocenters. The molecule has 150 valence electrons. The van der Waals surface area contributed by atoms with E-state index >= 15 is 0 Å². The van der Waals surface area contributed by atoms with E-state index in [1.54, 1.807) is 23.1 Å². The van der Waals surface area contributed by atoms with Crippen molar-refractivity contribution in [3.63, 3.8) is 0 Å². The second kappa shape index (κ2) is 6.64. The molecule has 4 aromatic heterocycles. The van der Waals surface area contributed by atoms with Crippen LogP contribution in [0.5, 0.6) is 5.88 Å². The average Bonchev–Trinajstić information content (AvgIpc) is 3.35. The number of hydrogen-bond acceptors (Lipinski definition) is 6. The molecule has 0 saturated heterocycles. The standard InChI is InChI=1S/C19H19F2N7O/c1-29-17-15-12(13-2-3-14-22-8-9-28(14)27-13)10-23-16(15)25-18(26-17)24-11-4-6-19(20,21)7-5-11/h2-3,8-11H,4-7H2,1H3,(H2,23,24,25,26). The molecule has 1 aliphatic rings. The van der Waals surface area contributed by atoms with Gasteiger partial charge in [-0.1, -0.05) is 0 Å². The molecular formula is C19H19F2N7O. The molecule has 1 fully saturated rings. The van der Waals surface area contributed by atoms with Gasteiger partial charge in [-0.3, -0.25) is 0 Å². The van der Waals surface area contributed by atoms with Gasteiger partial charge in [0.15, 0.2) is 5.65 Å². The number of aromatic nitrogens is 6. The zero-order chi connectivity index (χ0) is 20.0. The number of nitrogens with zero attached hydrogens (tertiary/aromatic N) is 5. The summed E-state index contributed by atoms with van der Waals surface area (Å²) in [4.78, 5) is 16.3. The summed E-state index contributed by atoms with van der Waals surface area (Å²) in [6, 6.07) is 3.67. The van der Waals surface area contributed by atoms with Gasteiger partial charge in [-0.25, -0.2) is 18.3 Å². The van der Waals surface area contributed by atoms with Crippen molar-refractivity contribution < 1.29 is 13.5 Å². The van der Waals surface area contributed by atoms with Gasteiger partial charge in [0.2, 0.25) is 17.8 Å². The number of H-pyrrole nitrogens is 1. The van der Waals surface area contributed by atoms with Gasteiger partial charge in [-0.2, -0.15) is 15.1 Å². The lowest BCUT2D eigenvalue weighted by Crippen LogP contribution is -2.32. The van der Waals surface area contributed by atoms with Gasteiger partial charge in [0.25, 0.3) is 0 Å². The van der Waals surface area contributed by atoms with Crippen LogP contribution in [0.4, 0.5) is 14.7 Å². The average molecular weight is 399 g/mol. The first-order valence-corrected chi connectivity index (χ1v) is 9.41. The Hall–Kier alpha value is -3.30. The van der Waals surface area contributed by atoms with E-state index in [0.717, 1.165) is 16.9 Å². The maximum Gasteiger partial charge on any atom is 0.248 e. The van der Waals surface area contributed by atoms with Crippen LogP contribution in [0.15, 0.2) is 30.7 Å². The molecule has 4 heterocycles. The Bertz CT molecular complexity index is 1180. The molecule has 0 aliphatic heterocycles. The molecule has 29 heavy (non-hydrogen) atoms. The Balaban J connectivity index is 1.49. The quantitative estimate of drug-likeness (QED) is 0.544. The van der Waals surface area contributed by atoms with Crippen molar-refractivity contribution in [2.24, 2.45) is 0 Å². The summed E-state index contributed by atoms with van der Waals surface area (Å²) in [6.45, 7) is 0. The van der Waals surface area contributed by atoms with Gasteiger partial charge in [0.05, 0.1) is 18.2 Å². The number of alkyl halides is 2.